The third kappa shape index (κ3) is 3.09. The fourth-order valence-corrected chi connectivity index (χ4v) is 2.61. The molecule has 0 spiro atoms. The highest BCUT2D eigenvalue weighted by Crippen LogP contribution is 2.31. The summed E-state index contributed by atoms with van der Waals surface area (Å²) in [6.45, 7) is 0.844. The fraction of sp³-hybridized carbons (Fsp3) is 0.500. The molecule has 2 N–H and O–H groups in total. The first-order valence-electron chi connectivity index (χ1n) is 5.46. The molecule has 0 saturated carbocycles. The van der Waals surface area contributed by atoms with Crippen LogP contribution in [0.25, 0.3) is 0 Å². The Labute approximate surface area is 111 Å². The molecule has 0 radical (unpaired) electrons. The highest BCUT2D eigenvalue weighted by molar-refractivity contribution is 7.99. The predicted octanol–water partition coefficient (Wildman–Crippen LogP) is 1.27. The van der Waals surface area contributed by atoms with E-state index in [-0.39, 0.29) is 0 Å². The molecule has 104 valence electrons. The normalized spacial score (nSPS) is 16.5. The minimum atomic E-state index is -4.73. The van der Waals surface area contributed by atoms with Gasteiger partial charge in [0.05, 0.1) is 5.56 Å². The van der Waals surface area contributed by atoms with E-state index >= 15 is 0 Å². The van der Waals surface area contributed by atoms with Gasteiger partial charge in [0.25, 0.3) is 5.91 Å². The van der Waals surface area contributed by atoms with Crippen molar-refractivity contribution in [2.45, 2.75) is 6.18 Å². The van der Waals surface area contributed by atoms with Gasteiger partial charge in [-0.25, -0.2) is 9.97 Å². The second-order valence-corrected chi connectivity index (χ2v) is 5.12. The topological polar surface area (TPSA) is 72.1 Å². The Hall–Kier alpha value is -1.51. The van der Waals surface area contributed by atoms with Crippen molar-refractivity contribution in [2.24, 2.45) is 0 Å². The van der Waals surface area contributed by atoms with E-state index in [1.165, 1.54) is 4.90 Å². The number of hydrogen-bond acceptors (Lipinski definition) is 5. The number of nitrogens with two attached hydrogens (primary N) is 1. The number of rotatable bonds is 1. The van der Waals surface area contributed by atoms with Gasteiger partial charge < -0.3 is 10.6 Å². The first-order chi connectivity index (χ1) is 8.89. The average Bonchev–Trinajstić information content (AvgIpc) is 2.38. The number of aromatic nitrogens is 2. The third-order valence-corrected chi connectivity index (χ3v) is 3.55. The molecule has 1 aliphatic heterocycles. The van der Waals surface area contributed by atoms with Gasteiger partial charge in [-0.1, -0.05) is 0 Å². The van der Waals surface area contributed by atoms with Crippen molar-refractivity contribution >= 4 is 23.6 Å². The van der Waals surface area contributed by atoms with Crippen LogP contribution in [0, 0.1) is 0 Å². The summed E-state index contributed by atoms with van der Waals surface area (Å²) in [5.41, 5.74) is 3.33. The molecule has 1 saturated heterocycles. The summed E-state index contributed by atoms with van der Waals surface area (Å²) in [5.74, 6) is 0.219. The highest BCUT2D eigenvalue weighted by atomic mass is 32.2. The van der Waals surface area contributed by atoms with Gasteiger partial charge in [-0.2, -0.15) is 24.9 Å². The molecule has 0 bridgehead atoms. The van der Waals surface area contributed by atoms with Crippen molar-refractivity contribution in [3.05, 3.63) is 17.5 Å². The number of alkyl halides is 3. The molecule has 2 rings (SSSR count). The molecule has 19 heavy (non-hydrogen) atoms. The van der Waals surface area contributed by atoms with Crippen molar-refractivity contribution in [3.8, 4) is 0 Å². The Morgan fingerprint density at radius 2 is 2.00 bits per heavy atom. The smallest absolute Gasteiger partial charge is 0.368 e. The van der Waals surface area contributed by atoms with E-state index in [1.54, 1.807) is 11.8 Å². The minimum absolute atomic E-state index is 0.422. The van der Waals surface area contributed by atoms with E-state index in [4.69, 9.17) is 5.73 Å². The molecule has 1 aromatic heterocycles. The van der Waals surface area contributed by atoms with Crippen molar-refractivity contribution in [2.75, 3.05) is 30.3 Å². The number of amides is 1. The summed E-state index contributed by atoms with van der Waals surface area (Å²) in [7, 11) is 0. The third-order valence-electron chi connectivity index (χ3n) is 2.60. The number of nitrogen functional groups attached to an aromatic ring is 1. The molecule has 1 aliphatic rings. The van der Waals surface area contributed by atoms with E-state index in [1.807, 2.05) is 0 Å². The van der Waals surface area contributed by atoms with Gasteiger partial charge in [0.2, 0.25) is 5.95 Å². The molecule has 1 aromatic rings. The SMILES string of the molecule is Nc1ncc(C(=O)N2CCSCC2)c(C(F)(F)F)n1. The van der Waals surface area contributed by atoms with Crippen LogP contribution in [0.1, 0.15) is 16.1 Å². The van der Waals surface area contributed by atoms with E-state index in [0.29, 0.717) is 24.6 Å². The maximum Gasteiger partial charge on any atom is 0.434 e. The van der Waals surface area contributed by atoms with Gasteiger partial charge in [-0.05, 0) is 0 Å². The lowest BCUT2D eigenvalue weighted by Gasteiger charge is -2.27. The minimum Gasteiger partial charge on any atom is -0.368 e. The van der Waals surface area contributed by atoms with Crippen molar-refractivity contribution in [1.82, 2.24) is 14.9 Å². The van der Waals surface area contributed by atoms with E-state index < -0.39 is 29.3 Å². The molecule has 9 heteroatoms. The average molecular weight is 292 g/mol. The quantitative estimate of drug-likeness (QED) is 0.844. The van der Waals surface area contributed by atoms with Gasteiger partial charge >= 0.3 is 6.18 Å². The summed E-state index contributed by atoms with van der Waals surface area (Å²) in [4.78, 5) is 20.1. The summed E-state index contributed by atoms with van der Waals surface area (Å²) in [6.07, 6.45) is -3.89. The van der Waals surface area contributed by atoms with Gasteiger partial charge in [-0.3, -0.25) is 4.79 Å². The first kappa shape index (κ1) is 13.9. The van der Waals surface area contributed by atoms with Crippen LogP contribution in [0.4, 0.5) is 19.1 Å². The maximum atomic E-state index is 12.8. The number of halogens is 3. The summed E-state index contributed by atoms with van der Waals surface area (Å²) in [5, 5.41) is 0. The zero-order chi connectivity index (χ0) is 14.0. The lowest BCUT2D eigenvalue weighted by molar-refractivity contribution is -0.141. The predicted molar refractivity (Wildman–Crippen MR) is 64.7 cm³/mol. The largest absolute Gasteiger partial charge is 0.434 e. The maximum absolute atomic E-state index is 12.8. The van der Waals surface area contributed by atoms with Gasteiger partial charge in [-0.15, -0.1) is 0 Å². The second-order valence-electron chi connectivity index (χ2n) is 3.89. The van der Waals surface area contributed by atoms with Crippen molar-refractivity contribution in [3.63, 3.8) is 0 Å². The van der Waals surface area contributed by atoms with Gasteiger partial charge in [0.15, 0.2) is 5.69 Å². The number of anilines is 1. The first-order valence-corrected chi connectivity index (χ1v) is 6.62. The molecule has 0 unspecified atom stereocenters. The van der Waals surface area contributed by atoms with Crippen LogP contribution in [-0.2, 0) is 6.18 Å². The molecule has 2 heterocycles. The van der Waals surface area contributed by atoms with E-state index in [2.05, 4.69) is 9.97 Å². The molecule has 5 nitrogen and oxygen atoms in total. The van der Waals surface area contributed by atoms with Gasteiger partial charge in [0.1, 0.15) is 0 Å². The fourth-order valence-electron chi connectivity index (χ4n) is 1.70. The number of carbonyl (C=O) groups excluding carboxylic acids is 1. The number of thioether (sulfide) groups is 1. The molecular formula is C10H11F3N4OS. The van der Waals surface area contributed by atoms with Crippen LogP contribution in [0.15, 0.2) is 6.20 Å². The monoisotopic (exact) mass is 292 g/mol. The molecule has 0 atom stereocenters. The number of carbonyl (C=O) groups is 1. The number of nitrogens with zero attached hydrogens (tertiary/aromatic N) is 3. The standard InChI is InChI=1S/C10H11F3N4OS/c11-10(12,13)7-6(5-15-9(14)16-7)8(18)17-1-3-19-4-2-17/h5H,1-4H2,(H2,14,15,16). The second kappa shape index (κ2) is 5.24. The van der Waals surface area contributed by atoms with E-state index in [9.17, 15) is 18.0 Å². The Morgan fingerprint density at radius 1 is 1.37 bits per heavy atom. The van der Waals surface area contributed by atoms with Crippen molar-refractivity contribution < 1.29 is 18.0 Å². The molecule has 1 amide bonds. The van der Waals surface area contributed by atoms with Crippen LogP contribution < -0.4 is 5.73 Å². The molecule has 0 aliphatic carbocycles. The van der Waals surface area contributed by atoms with Crippen LogP contribution in [0.5, 0.6) is 0 Å². The Bertz CT molecular complexity index is 488. The van der Waals surface area contributed by atoms with Gasteiger partial charge in [0, 0.05) is 30.8 Å². The Kier molecular flexibility index (Phi) is 3.83. The molecule has 1 fully saturated rings. The van der Waals surface area contributed by atoms with E-state index in [0.717, 1.165) is 6.20 Å². The van der Waals surface area contributed by atoms with Crippen LogP contribution in [0.3, 0.4) is 0 Å². The number of hydrogen-bond donors (Lipinski definition) is 1. The Morgan fingerprint density at radius 3 is 2.58 bits per heavy atom. The summed E-state index contributed by atoms with van der Waals surface area (Å²) < 4.78 is 38.5. The lowest BCUT2D eigenvalue weighted by Crippen LogP contribution is -2.39. The molecular weight excluding hydrogens is 281 g/mol. The zero-order valence-electron chi connectivity index (χ0n) is 9.78. The highest BCUT2D eigenvalue weighted by Gasteiger charge is 2.39. The van der Waals surface area contributed by atoms with Crippen LogP contribution in [-0.4, -0.2) is 45.4 Å². The van der Waals surface area contributed by atoms with Crippen molar-refractivity contribution in [1.29, 1.82) is 0 Å². The lowest BCUT2D eigenvalue weighted by atomic mass is 10.2. The molecule has 0 aromatic carbocycles. The van der Waals surface area contributed by atoms with Crippen LogP contribution in [0.2, 0.25) is 0 Å². The summed E-state index contributed by atoms with van der Waals surface area (Å²) in [6, 6.07) is 0. The summed E-state index contributed by atoms with van der Waals surface area (Å²) >= 11 is 1.66. The Balaban J connectivity index is 2.35. The zero-order valence-corrected chi connectivity index (χ0v) is 10.6. The van der Waals surface area contributed by atoms with Crippen LogP contribution >= 0.6 is 11.8 Å².